The van der Waals surface area contributed by atoms with Crippen LogP contribution in [0.15, 0.2) is 36.4 Å². The van der Waals surface area contributed by atoms with Crippen molar-refractivity contribution in [2.24, 2.45) is 0 Å². The van der Waals surface area contributed by atoms with Crippen LogP contribution in [-0.2, 0) is 22.7 Å². The summed E-state index contributed by atoms with van der Waals surface area (Å²) in [4.78, 5) is 19.1. The van der Waals surface area contributed by atoms with Crippen molar-refractivity contribution in [1.82, 2.24) is 5.32 Å². The highest BCUT2D eigenvalue weighted by Gasteiger charge is 2.06. The molecule has 3 N–H and O–H groups in total. The Morgan fingerprint density at radius 3 is 1.76 bits per heavy atom. The molecule has 0 unspecified atom stereocenters. The average Bonchev–Trinajstić information content (AvgIpc) is 2.75. The molecule has 1 aliphatic heterocycles. The van der Waals surface area contributed by atoms with Gasteiger partial charge in [0.25, 0.3) is 0 Å². The van der Waals surface area contributed by atoms with Crippen LogP contribution in [0, 0.1) is 0 Å². The third-order valence-corrected chi connectivity index (χ3v) is 2.12. The van der Waals surface area contributed by atoms with Crippen LogP contribution in [0.2, 0.25) is 0 Å². The van der Waals surface area contributed by atoms with Crippen molar-refractivity contribution in [3.8, 4) is 0 Å². The molecule has 1 aromatic carbocycles. The third kappa shape index (κ3) is 4.94. The van der Waals surface area contributed by atoms with Gasteiger partial charge in [-0.2, -0.15) is 0 Å². The molecule has 0 amide bonds. The van der Waals surface area contributed by atoms with Gasteiger partial charge in [-0.05, 0) is 11.1 Å². The number of aliphatic carboxylic acids is 2. The van der Waals surface area contributed by atoms with E-state index in [-0.39, 0.29) is 0 Å². The third-order valence-electron chi connectivity index (χ3n) is 2.12. The minimum Gasteiger partial charge on any atom is -0.478 e. The summed E-state index contributed by atoms with van der Waals surface area (Å²) in [6.07, 6.45) is 1.12. The maximum Gasteiger partial charge on any atom is 0.328 e. The Morgan fingerprint density at radius 1 is 1.00 bits per heavy atom. The largest absolute Gasteiger partial charge is 0.478 e. The molecular weight excluding hydrogens is 222 g/mol. The predicted molar refractivity (Wildman–Crippen MR) is 61.4 cm³/mol. The lowest BCUT2D eigenvalue weighted by Crippen LogP contribution is -1.99. The van der Waals surface area contributed by atoms with Crippen LogP contribution in [0.1, 0.15) is 11.1 Å². The lowest BCUT2D eigenvalue weighted by Gasteiger charge is -1.91. The summed E-state index contributed by atoms with van der Waals surface area (Å²) >= 11 is 0. The first-order valence-corrected chi connectivity index (χ1v) is 5.01. The van der Waals surface area contributed by atoms with Crippen molar-refractivity contribution in [2.45, 2.75) is 13.1 Å². The zero-order chi connectivity index (χ0) is 12.7. The molecule has 0 aliphatic carbocycles. The number of nitrogens with one attached hydrogen (secondary N) is 1. The molecule has 0 aromatic heterocycles. The van der Waals surface area contributed by atoms with Gasteiger partial charge in [-0.3, -0.25) is 0 Å². The molecule has 2 rings (SSSR count). The van der Waals surface area contributed by atoms with Crippen molar-refractivity contribution in [2.75, 3.05) is 0 Å². The summed E-state index contributed by atoms with van der Waals surface area (Å²) in [6.45, 7) is 2.10. The molecule has 5 nitrogen and oxygen atoms in total. The standard InChI is InChI=1S/C8H9N.C4H4O4/c1-2-4-8-6-9-5-7(8)3-1;5-3(6)1-2-4(7)8/h1-4,9H,5-6H2;1-2H,(H,5,6)(H,7,8). The summed E-state index contributed by atoms with van der Waals surface area (Å²) in [5.74, 6) is -2.51. The molecule has 1 aliphatic rings. The van der Waals surface area contributed by atoms with Gasteiger partial charge in [-0.25, -0.2) is 9.59 Å². The van der Waals surface area contributed by atoms with E-state index in [9.17, 15) is 9.59 Å². The van der Waals surface area contributed by atoms with Gasteiger partial charge < -0.3 is 15.5 Å². The number of carboxylic acid groups (broad SMARTS) is 2. The Hall–Kier alpha value is -2.14. The van der Waals surface area contributed by atoms with Crippen LogP contribution in [0.5, 0.6) is 0 Å². The number of benzene rings is 1. The van der Waals surface area contributed by atoms with Crippen LogP contribution in [0.25, 0.3) is 0 Å². The number of carbonyl (C=O) groups is 2. The Bertz CT molecular complexity index is 401. The Morgan fingerprint density at radius 2 is 1.41 bits per heavy atom. The van der Waals surface area contributed by atoms with Crippen LogP contribution in [0.4, 0.5) is 0 Å². The second-order valence-corrected chi connectivity index (χ2v) is 3.38. The normalized spacial score (nSPS) is 12.7. The van der Waals surface area contributed by atoms with E-state index in [0.29, 0.717) is 12.2 Å². The lowest BCUT2D eigenvalue weighted by atomic mass is 10.1. The monoisotopic (exact) mass is 235 g/mol. The van der Waals surface area contributed by atoms with Gasteiger partial charge in [0.15, 0.2) is 0 Å². The van der Waals surface area contributed by atoms with Gasteiger partial charge >= 0.3 is 11.9 Å². The number of fused-ring (bicyclic) bond motifs is 1. The molecule has 0 bridgehead atoms. The van der Waals surface area contributed by atoms with Gasteiger partial charge in [-0.1, -0.05) is 24.3 Å². The van der Waals surface area contributed by atoms with Crippen LogP contribution >= 0.6 is 0 Å². The maximum atomic E-state index is 9.55. The second kappa shape index (κ2) is 6.44. The first-order chi connectivity index (χ1) is 8.09. The molecule has 0 saturated carbocycles. The maximum absolute atomic E-state index is 9.55. The molecule has 1 aromatic rings. The molecule has 0 atom stereocenters. The first-order valence-electron chi connectivity index (χ1n) is 5.01. The number of hydrogen-bond acceptors (Lipinski definition) is 3. The molecule has 0 saturated heterocycles. The lowest BCUT2D eigenvalue weighted by molar-refractivity contribution is -0.134. The van der Waals surface area contributed by atoms with E-state index in [2.05, 4.69) is 29.6 Å². The highest BCUT2D eigenvalue weighted by molar-refractivity contribution is 5.89. The van der Waals surface area contributed by atoms with Crippen LogP contribution in [-0.4, -0.2) is 22.2 Å². The molecule has 0 radical (unpaired) electrons. The zero-order valence-corrected chi connectivity index (χ0v) is 9.09. The Balaban J connectivity index is 0.000000172. The fraction of sp³-hybridized carbons (Fsp3) is 0.167. The molecule has 0 fully saturated rings. The van der Waals surface area contributed by atoms with E-state index in [1.165, 1.54) is 11.1 Å². The van der Waals surface area contributed by atoms with Crippen LogP contribution < -0.4 is 5.32 Å². The number of rotatable bonds is 2. The zero-order valence-electron chi connectivity index (χ0n) is 9.09. The topological polar surface area (TPSA) is 86.6 Å². The fourth-order valence-corrected chi connectivity index (χ4v) is 1.38. The van der Waals surface area contributed by atoms with E-state index >= 15 is 0 Å². The van der Waals surface area contributed by atoms with E-state index < -0.39 is 11.9 Å². The van der Waals surface area contributed by atoms with Crippen molar-refractivity contribution in [3.05, 3.63) is 47.5 Å². The van der Waals surface area contributed by atoms with Crippen molar-refractivity contribution < 1.29 is 19.8 Å². The van der Waals surface area contributed by atoms with Gasteiger partial charge in [0.2, 0.25) is 0 Å². The van der Waals surface area contributed by atoms with E-state index in [4.69, 9.17) is 10.2 Å². The summed E-state index contributed by atoms with van der Waals surface area (Å²) in [6, 6.07) is 8.53. The molecule has 0 spiro atoms. The summed E-state index contributed by atoms with van der Waals surface area (Å²) in [5, 5.41) is 18.9. The molecule has 1 heterocycles. The number of hydrogen-bond donors (Lipinski definition) is 3. The highest BCUT2D eigenvalue weighted by atomic mass is 16.4. The summed E-state index contributed by atoms with van der Waals surface area (Å²) < 4.78 is 0. The van der Waals surface area contributed by atoms with Crippen molar-refractivity contribution in [3.63, 3.8) is 0 Å². The van der Waals surface area contributed by atoms with Gasteiger partial charge in [0, 0.05) is 25.2 Å². The average molecular weight is 235 g/mol. The SMILES string of the molecule is O=C(O)C=CC(=O)O.c1ccc2c(c1)CNC2. The Kier molecular flexibility index (Phi) is 4.90. The summed E-state index contributed by atoms with van der Waals surface area (Å²) in [5.41, 5.74) is 2.91. The predicted octanol–water partition coefficient (Wildman–Crippen LogP) is 1.00. The minimum atomic E-state index is -1.26. The molecular formula is C12H13NO4. The van der Waals surface area contributed by atoms with Gasteiger partial charge in [0.05, 0.1) is 0 Å². The Labute approximate surface area is 98.4 Å². The highest BCUT2D eigenvalue weighted by Crippen LogP contribution is 2.12. The smallest absolute Gasteiger partial charge is 0.328 e. The fourth-order valence-electron chi connectivity index (χ4n) is 1.38. The van der Waals surface area contributed by atoms with Gasteiger partial charge in [0.1, 0.15) is 0 Å². The quantitative estimate of drug-likeness (QED) is 0.666. The minimum absolute atomic E-state index is 0.558. The molecule has 5 heteroatoms. The van der Waals surface area contributed by atoms with E-state index in [1.54, 1.807) is 0 Å². The number of carboxylic acids is 2. The van der Waals surface area contributed by atoms with Gasteiger partial charge in [-0.15, -0.1) is 0 Å². The van der Waals surface area contributed by atoms with E-state index in [0.717, 1.165) is 13.1 Å². The summed E-state index contributed by atoms with van der Waals surface area (Å²) in [7, 11) is 0. The second-order valence-electron chi connectivity index (χ2n) is 3.38. The first kappa shape index (κ1) is 12.9. The molecule has 90 valence electrons. The van der Waals surface area contributed by atoms with Crippen LogP contribution in [0.3, 0.4) is 0 Å². The molecule has 17 heavy (non-hydrogen) atoms. The van der Waals surface area contributed by atoms with E-state index in [1.807, 2.05) is 0 Å². The van der Waals surface area contributed by atoms with Crippen molar-refractivity contribution >= 4 is 11.9 Å². The van der Waals surface area contributed by atoms with Crippen molar-refractivity contribution in [1.29, 1.82) is 0 Å².